The molecule has 1 aromatic carbocycles. The van der Waals surface area contributed by atoms with Gasteiger partial charge in [0.15, 0.2) is 0 Å². The Morgan fingerprint density at radius 3 is 2.66 bits per heavy atom. The Morgan fingerprint density at radius 1 is 1.28 bits per heavy atom. The molecule has 1 saturated heterocycles. The third-order valence-corrected chi connectivity index (χ3v) is 6.06. The minimum absolute atomic E-state index is 0.179. The van der Waals surface area contributed by atoms with Crippen LogP contribution in [0.5, 0.6) is 5.75 Å². The normalized spacial score (nSPS) is 21.1. The summed E-state index contributed by atoms with van der Waals surface area (Å²) in [6.45, 7) is 12.3. The first-order chi connectivity index (χ1) is 15.3. The first-order valence-corrected chi connectivity index (χ1v) is 11.1. The van der Waals surface area contributed by atoms with E-state index in [9.17, 15) is 4.79 Å². The predicted octanol–water partition coefficient (Wildman–Crippen LogP) is 2.92. The molecule has 32 heavy (non-hydrogen) atoms. The summed E-state index contributed by atoms with van der Waals surface area (Å²) in [5, 5.41) is 13.7. The fourth-order valence-corrected chi connectivity index (χ4v) is 4.38. The van der Waals surface area contributed by atoms with Gasteiger partial charge in [-0.15, -0.1) is 0 Å². The Balaban J connectivity index is 1.65. The monoisotopic (exact) mass is 436 g/mol. The topological polar surface area (TPSA) is 93.0 Å². The highest BCUT2D eigenvalue weighted by atomic mass is 16.5. The Kier molecular flexibility index (Phi) is 6.06. The first-order valence-electron chi connectivity index (χ1n) is 11.1. The standard InChI is InChI=1S/C24H32N6O2/c1-16(2)29-8-10-30(11-9-29)20-13-21-17(14-24(3,4)32-21)12-19(20)28-23(31)18(15-25)22-26-6-5-7-27-22/h5-7,12-13,15-16,25-26H,8-11,14H2,1-4H3,(H,28,31)/b22-18-,25-15?. The predicted molar refractivity (Wildman–Crippen MR) is 129 cm³/mol. The number of amides is 1. The SMILES string of the molecule is CC(C)N1CCN(c2cc3c(cc2NC(=O)/C(C=N)=C2\N=CC=CN2)CC(C)(C)O3)CC1. The van der Waals surface area contributed by atoms with E-state index >= 15 is 0 Å². The number of rotatable bonds is 5. The molecular formula is C24H32N6O2. The largest absolute Gasteiger partial charge is 0.487 e. The molecule has 1 aromatic rings. The van der Waals surface area contributed by atoms with E-state index < -0.39 is 0 Å². The number of allylic oxidation sites excluding steroid dienone is 1. The third kappa shape index (κ3) is 4.55. The molecule has 0 radical (unpaired) electrons. The highest BCUT2D eigenvalue weighted by Gasteiger charge is 2.32. The number of nitrogens with zero attached hydrogens (tertiary/aromatic N) is 3. The molecule has 0 saturated carbocycles. The molecule has 0 atom stereocenters. The molecule has 1 amide bonds. The molecule has 3 N–H and O–H groups in total. The minimum Gasteiger partial charge on any atom is -0.487 e. The van der Waals surface area contributed by atoms with Crippen molar-refractivity contribution in [2.75, 3.05) is 36.4 Å². The van der Waals surface area contributed by atoms with E-state index in [1.54, 1.807) is 18.5 Å². The summed E-state index contributed by atoms with van der Waals surface area (Å²) in [7, 11) is 0. The van der Waals surface area contributed by atoms with Crippen LogP contribution in [-0.2, 0) is 11.2 Å². The second-order valence-corrected chi connectivity index (χ2v) is 9.27. The molecule has 4 rings (SSSR count). The smallest absolute Gasteiger partial charge is 0.261 e. The maximum absolute atomic E-state index is 13.1. The number of anilines is 2. The summed E-state index contributed by atoms with van der Waals surface area (Å²) < 4.78 is 6.18. The van der Waals surface area contributed by atoms with Crippen molar-refractivity contribution in [1.82, 2.24) is 10.2 Å². The van der Waals surface area contributed by atoms with Crippen LogP contribution in [0.3, 0.4) is 0 Å². The van der Waals surface area contributed by atoms with Gasteiger partial charge in [-0.05, 0) is 39.8 Å². The molecule has 8 heteroatoms. The van der Waals surface area contributed by atoms with Crippen LogP contribution in [0.2, 0.25) is 0 Å². The van der Waals surface area contributed by atoms with Gasteiger partial charge in [-0.1, -0.05) is 0 Å². The lowest BCUT2D eigenvalue weighted by atomic mass is 10.0. The van der Waals surface area contributed by atoms with Gasteiger partial charge in [0.25, 0.3) is 5.91 Å². The average molecular weight is 437 g/mol. The highest BCUT2D eigenvalue weighted by molar-refractivity contribution is 6.18. The number of fused-ring (bicyclic) bond motifs is 1. The molecule has 170 valence electrons. The molecule has 8 nitrogen and oxygen atoms in total. The number of nitrogens with one attached hydrogen (secondary N) is 3. The summed E-state index contributed by atoms with van der Waals surface area (Å²) in [6.07, 6.45) is 6.83. The van der Waals surface area contributed by atoms with E-state index in [2.05, 4.69) is 59.2 Å². The van der Waals surface area contributed by atoms with Crippen LogP contribution >= 0.6 is 0 Å². The Morgan fingerprint density at radius 2 is 2.03 bits per heavy atom. The first kappa shape index (κ1) is 22.1. The number of hydrogen-bond acceptors (Lipinski definition) is 7. The fourth-order valence-electron chi connectivity index (χ4n) is 4.38. The third-order valence-electron chi connectivity index (χ3n) is 6.06. The van der Waals surface area contributed by atoms with E-state index in [4.69, 9.17) is 10.1 Å². The lowest BCUT2D eigenvalue weighted by Crippen LogP contribution is -2.49. The second kappa shape index (κ2) is 8.78. The number of aliphatic imine (C=N–C) groups is 1. The number of piperazine rings is 1. The zero-order valence-corrected chi connectivity index (χ0v) is 19.2. The summed E-state index contributed by atoms with van der Waals surface area (Å²) in [5.74, 6) is 0.872. The molecule has 3 aliphatic rings. The van der Waals surface area contributed by atoms with Crippen LogP contribution in [0.15, 0.2) is 40.8 Å². The maximum Gasteiger partial charge on any atom is 0.261 e. The van der Waals surface area contributed by atoms with E-state index in [0.717, 1.165) is 61.5 Å². The van der Waals surface area contributed by atoms with Crippen LogP contribution in [0, 0.1) is 5.41 Å². The van der Waals surface area contributed by atoms with E-state index in [0.29, 0.717) is 11.9 Å². The van der Waals surface area contributed by atoms with Crippen molar-refractivity contribution in [2.45, 2.75) is 45.8 Å². The molecule has 0 aliphatic carbocycles. The van der Waals surface area contributed by atoms with Gasteiger partial charge >= 0.3 is 0 Å². The number of hydrogen-bond donors (Lipinski definition) is 3. The van der Waals surface area contributed by atoms with Gasteiger partial charge in [-0.25, -0.2) is 4.99 Å². The van der Waals surface area contributed by atoms with E-state index in [1.807, 2.05) is 6.07 Å². The summed E-state index contributed by atoms with van der Waals surface area (Å²) in [6, 6.07) is 4.59. The number of ether oxygens (including phenoxy) is 1. The Labute approximate surface area is 189 Å². The van der Waals surface area contributed by atoms with E-state index in [-0.39, 0.29) is 17.1 Å². The van der Waals surface area contributed by atoms with E-state index in [1.165, 1.54) is 0 Å². The van der Waals surface area contributed by atoms with Crippen molar-refractivity contribution in [3.8, 4) is 5.75 Å². The quantitative estimate of drug-likeness (QED) is 0.488. The van der Waals surface area contributed by atoms with Crippen molar-refractivity contribution in [2.24, 2.45) is 4.99 Å². The summed E-state index contributed by atoms with van der Waals surface area (Å²) in [5.41, 5.74) is 2.68. The van der Waals surface area contributed by atoms with Crippen molar-refractivity contribution < 1.29 is 9.53 Å². The van der Waals surface area contributed by atoms with Crippen LogP contribution in [0.25, 0.3) is 0 Å². The number of benzene rings is 1. The van der Waals surface area contributed by atoms with Crippen molar-refractivity contribution in [3.63, 3.8) is 0 Å². The average Bonchev–Trinajstić information content (AvgIpc) is 3.07. The van der Waals surface area contributed by atoms with Crippen LogP contribution in [-0.4, -0.2) is 61.1 Å². The van der Waals surface area contributed by atoms with Gasteiger partial charge in [0.2, 0.25) is 0 Å². The zero-order valence-electron chi connectivity index (χ0n) is 19.2. The molecule has 0 spiro atoms. The van der Waals surface area contributed by atoms with Crippen molar-refractivity contribution in [3.05, 3.63) is 41.4 Å². The van der Waals surface area contributed by atoms with Crippen molar-refractivity contribution >= 4 is 29.7 Å². The van der Waals surface area contributed by atoms with Crippen LogP contribution < -0.4 is 20.3 Å². The van der Waals surface area contributed by atoms with Crippen LogP contribution in [0.4, 0.5) is 11.4 Å². The van der Waals surface area contributed by atoms with Crippen molar-refractivity contribution in [1.29, 1.82) is 5.41 Å². The minimum atomic E-state index is -0.366. The summed E-state index contributed by atoms with van der Waals surface area (Å²) >= 11 is 0. The molecule has 0 aromatic heterocycles. The van der Waals surface area contributed by atoms with Crippen LogP contribution in [0.1, 0.15) is 33.3 Å². The Hall–Kier alpha value is -3.13. The molecule has 3 heterocycles. The fraction of sp³-hybridized carbons (Fsp3) is 0.458. The zero-order chi connectivity index (χ0) is 22.9. The van der Waals surface area contributed by atoms with Gasteiger partial charge in [0.1, 0.15) is 17.2 Å². The van der Waals surface area contributed by atoms with Gasteiger partial charge in [0, 0.05) is 68.9 Å². The molecule has 0 unspecified atom stereocenters. The molecule has 3 aliphatic heterocycles. The summed E-state index contributed by atoms with van der Waals surface area (Å²) in [4.78, 5) is 22.1. The Bertz CT molecular complexity index is 1000. The number of carbonyl (C=O) groups is 1. The van der Waals surface area contributed by atoms with Gasteiger partial charge in [-0.3, -0.25) is 9.69 Å². The molecule has 0 bridgehead atoms. The molecule has 1 fully saturated rings. The number of carbonyl (C=O) groups excluding carboxylic acids is 1. The lowest BCUT2D eigenvalue weighted by molar-refractivity contribution is -0.112. The van der Waals surface area contributed by atoms with Gasteiger partial charge < -0.3 is 25.7 Å². The van der Waals surface area contributed by atoms with Gasteiger partial charge in [0.05, 0.1) is 16.9 Å². The van der Waals surface area contributed by atoms with Gasteiger partial charge in [-0.2, -0.15) is 0 Å². The second-order valence-electron chi connectivity index (χ2n) is 9.27. The lowest BCUT2D eigenvalue weighted by Gasteiger charge is -2.39. The highest BCUT2D eigenvalue weighted by Crippen LogP contribution is 2.42. The maximum atomic E-state index is 13.1. The molecular weight excluding hydrogens is 404 g/mol.